The number of carboxylic acids is 1. The van der Waals surface area contributed by atoms with Gasteiger partial charge in [0.1, 0.15) is 41.9 Å². The average Bonchev–Trinajstić information content (AvgIpc) is 3.36. The molecule has 0 bridgehead atoms. The number of benzene rings is 1. The molecule has 2 unspecified atom stereocenters. The van der Waals surface area contributed by atoms with Crippen molar-refractivity contribution < 1.29 is 88.9 Å². The van der Waals surface area contributed by atoms with Crippen molar-refractivity contribution >= 4 is 40.8 Å². The number of ketones is 4. The van der Waals surface area contributed by atoms with Crippen LogP contribution in [0.5, 0.6) is 0 Å². The van der Waals surface area contributed by atoms with Gasteiger partial charge in [-0.05, 0) is 68.7 Å². The number of hydrogen-bond donors (Lipinski definition) is 11. The molecule has 20 heteroatoms. The predicted molar refractivity (Wildman–Crippen MR) is 293 cm³/mol. The third-order valence-electron chi connectivity index (χ3n) is 13.8. The number of anilines is 1. The maximum Gasteiger partial charge on any atom is 0.313 e. The number of nitrogens with two attached hydrogens (primary N) is 2. The van der Waals surface area contributed by atoms with E-state index in [1.54, 1.807) is 98.0 Å². The largest absolute Gasteiger partial charge is 0.481 e. The number of hydrogen-bond acceptors (Lipinski definition) is 19. The molecule has 20 nitrogen and oxygen atoms in total. The van der Waals surface area contributed by atoms with Gasteiger partial charge in [-0.2, -0.15) is 0 Å². The van der Waals surface area contributed by atoms with Gasteiger partial charge in [-0.1, -0.05) is 106 Å². The Balaban J connectivity index is 1.83. The number of rotatable bonds is 10. The van der Waals surface area contributed by atoms with E-state index in [0.29, 0.717) is 17.7 Å². The number of Topliss-reactive ketones (excluding diaryl/α,β-unsaturated/α-hetero) is 4. The molecule has 1 saturated heterocycles. The van der Waals surface area contributed by atoms with Crippen LogP contribution in [-0.2, 0) is 38.2 Å². The number of nitrogen functional groups attached to an aromatic ring is 1. The van der Waals surface area contributed by atoms with Gasteiger partial charge in [0.15, 0.2) is 12.1 Å². The monoisotopic (exact) mass is 1110 g/mol. The highest BCUT2D eigenvalue weighted by atomic mass is 16.7. The van der Waals surface area contributed by atoms with Crippen LogP contribution >= 0.6 is 0 Å². The molecule has 0 aliphatic carbocycles. The molecule has 0 aromatic heterocycles. The van der Waals surface area contributed by atoms with E-state index in [2.05, 4.69) is 0 Å². The van der Waals surface area contributed by atoms with E-state index in [1.165, 1.54) is 19.1 Å². The minimum absolute atomic E-state index is 0.0615. The second kappa shape index (κ2) is 35.2. The maximum absolute atomic E-state index is 13.3. The molecule has 0 radical (unpaired) electrons. The van der Waals surface area contributed by atoms with Crippen molar-refractivity contribution in [3.63, 3.8) is 0 Å². The number of cyclic esters (lactones) is 1. The molecule has 2 heterocycles. The summed E-state index contributed by atoms with van der Waals surface area (Å²) in [5.74, 6) is -7.43. The molecular weight excluding hydrogens is 1020 g/mol. The van der Waals surface area contributed by atoms with Crippen molar-refractivity contribution in [1.82, 2.24) is 0 Å². The van der Waals surface area contributed by atoms with E-state index in [-0.39, 0.29) is 55.6 Å². The Bertz CT molecular complexity index is 2310. The molecule has 2 aliphatic rings. The van der Waals surface area contributed by atoms with Crippen molar-refractivity contribution in [2.24, 2.45) is 29.4 Å². The molecule has 1 aromatic carbocycles. The molecule has 0 amide bonds. The van der Waals surface area contributed by atoms with Crippen LogP contribution < -0.4 is 11.5 Å². The molecule has 0 saturated carbocycles. The normalized spacial score (nSPS) is 34.7. The van der Waals surface area contributed by atoms with Crippen LogP contribution in [0.2, 0.25) is 0 Å². The van der Waals surface area contributed by atoms with Crippen LogP contribution in [0.3, 0.4) is 0 Å². The number of esters is 1. The summed E-state index contributed by atoms with van der Waals surface area (Å²) in [7, 11) is 0. The predicted octanol–water partition coefficient (Wildman–Crippen LogP) is 3.61. The van der Waals surface area contributed by atoms with Crippen molar-refractivity contribution in [2.45, 2.75) is 184 Å². The van der Waals surface area contributed by atoms with Gasteiger partial charge in [-0.25, -0.2) is 0 Å². The van der Waals surface area contributed by atoms with E-state index in [9.17, 15) is 74.7 Å². The molecule has 1 aromatic rings. The van der Waals surface area contributed by atoms with Gasteiger partial charge >= 0.3 is 11.9 Å². The lowest BCUT2D eigenvalue weighted by molar-refractivity contribution is -0.277. The number of carbonyl (C=O) groups excluding carboxylic acids is 5. The third kappa shape index (κ3) is 25.2. The summed E-state index contributed by atoms with van der Waals surface area (Å²) < 4.78 is 17.5. The van der Waals surface area contributed by atoms with E-state index >= 15 is 0 Å². The lowest BCUT2D eigenvalue weighted by Crippen LogP contribution is -2.61. The minimum Gasteiger partial charge on any atom is -0.481 e. The highest BCUT2D eigenvalue weighted by Crippen LogP contribution is 2.29. The average molecular weight is 1110 g/mol. The van der Waals surface area contributed by atoms with Gasteiger partial charge in [0.2, 0.25) is 0 Å². The van der Waals surface area contributed by atoms with Gasteiger partial charge in [-0.3, -0.25) is 28.8 Å². The first-order valence-corrected chi connectivity index (χ1v) is 26.9. The van der Waals surface area contributed by atoms with Crippen LogP contribution in [-0.4, -0.2) is 161 Å². The number of ether oxygens (including phenoxy) is 3. The van der Waals surface area contributed by atoms with Crippen molar-refractivity contribution in [2.75, 3.05) is 5.73 Å². The molecule has 3 rings (SSSR count). The fourth-order valence-corrected chi connectivity index (χ4v) is 9.37. The van der Waals surface area contributed by atoms with Crippen molar-refractivity contribution in [1.29, 1.82) is 0 Å². The topological polar surface area (TPSA) is 364 Å². The van der Waals surface area contributed by atoms with Crippen LogP contribution in [0.1, 0.15) is 115 Å². The molecular formula is C59H84N2O18. The van der Waals surface area contributed by atoms with Crippen LogP contribution in [0.4, 0.5) is 5.69 Å². The standard InChI is InChI=1S/C59H84N2O18/c1-35-18-15-13-11-9-7-5-6-8-10-12-14-16-21-47(78-59-56(74)54(61)55(73)38(4)77-59)33-51(71)53(58(75)76)50(70)31-46(67)30-45(66)29-44(65)28-43(64)27-41(62)19-17-20-42(63)32-52(72)79-57(35)37(3)26-36(2)48(68)34-49(69)39-22-24-40(60)25-23-39/h5-16,18,21-25,35-38,43-45,47-48,50-51,53-57,59,64-66,68,70-71,73-74H,17,19-20,26-34,60-61H2,1-4H3,(H,75,76)/b6-5-,9-7+,10-8+,13-11+,14-12+,18-15+,21-16+/t35-,36-,37-,38+,43-,44-,45-,47-,48-,50-,51-,53?,54-,55+,56-,57?,59-/m0/s1. The Morgan fingerprint density at radius 2 is 1.22 bits per heavy atom. The summed E-state index contributed by atoms with van der Waals surface area (Å²) in [4.78, 5) is 77.3. The zero-order chi connectivity index (χ0) is 58.8. The number of aliphatic carboxylic acids is 1. The fraction of sp³-hybridized carbons (Fsp3) is 0.559. The zero-order valence-corrected chi connectivity index (χ0v) is 45.5. The van der Waals surface area contributed by atoms with Crippen molar-refractivity contribution in [3.05, 3.63) is 115 Å². The Hall–Kier alpha value is -5.62. The third-order valence-corrected chi connectivity index (χ3v) is 13.8. The summed E-state index contributed by atoms with van der Waals surface area (Å²) in [6.07, 6.45) is 4.21. The molecule has 17 atom stereocenters. The van der Waals surface area contributed by atoms with Crippen LogP contribution in [0, 0.1) is 23.7 Å². The van der Waals surface area contributed by atoms with Gasteiger partial charge in [-0.15, -0.1) is 0 Å². The summed E-state index contributed by atoms with van der Waals surface area (Å²) in [5.41, 5.74) is 12.7. The molecule has 2 aliphatic heterocycles. The lowest BCUT2D eigenvalue weighted by atomic mass is 9.83. The number of carboxylic acid groups (broad SMARTS) is 1. The van der Waals surface area contributed by atoms with Gasteiger partial charge < -0.3 is 71.6 Å². The minimum atomic E-state index is -1.95. The van der Waals surface area contributed by atoms with Gasteiger partial charge in [0, 0.05) is 62.1 Å². The number of aliphatic hydroxyl groups excluding tert-OH is 8. The van der Waals surface area contributed by atoms with E-state index in [4.69, 9.17) is 25.7 Å². The quantitative estimate of drug-likeness (QED) is 0.0690. The molecule has 438 valence electrons. The SMILES string of the molecule is C[C@H]1/C=C/C=C/C=C/C=C\C=C\C=C\C=C\[C@H](O[C@@H]2O[C@H](C)[C@@H](O)[C@H](N)[C@@H]2O)C[C@H](O)C(C(=O)O)[C@@H](O)CC(=O)C[C@@H](O)C[C@@H](O)C[C@@H](O)CC(=O)CCCC(=O)CC(=O)OC1[C@@H](C)C[C@H](C)[C@@H](O)CC(=O)c1ccc(N)cc1. The Morgan fingerprint density at radius 1 is 0.684 bits per heavy atom. The molecule has 79 heavy (non-hydrogen) atoms. The second-order valence-electron chi connectivity index (χ2n) is 20.9. The highest BCUT2D eigenvalue weighted by Gasteiger charge is 2.43. The Morgan fingerprint density at radius 3 is 1.78 bits per heavy atom. The second-order valence-corrected chi connectivity index (χ2v) is 20.9. The first kappa shape index (κ1) is 67.7. The van der Waals surface area contributed by atoms with E-state index < -0.39 is 153 Å². The summed E-state index contributed by atoms with van der Waals surface area (Å²) in [5, 5.41) is 96.0. The fourth-order valence-electron chi connectivity index (χ4n) is 9.37. The van der Waals surface area contributed by atoms with E-state index in [0.717, 1.165) is 0 Å². The Kier molecular flexibility index (Phi) is 30.1. The first-order valence-electron chi connectivity index (χ1n) is 26.9. The van der Waals surface area contributed by atoms with Crippen molar-refractivity contribution in [3.8, 4) is 0 Å². The van der Waals surface area contributed by atoms with Gasteiger partial charge in [0.05, 0.1) is 61.0 Å². The number of aliphatic hydroxyl groups is 8. The molecule has 13 N–H and O–H groups in total. The lowest BCUT2D eigenvalue weighted by Gasteiger charge is -2.41. The highest BCUT2D eigenvalue weighted by molar-refractivity contribution is 5.97. The zero-order valence-electron chi connectivity index (χ0n) is 45.5. The van der Waals surface area contributed by atoms with E-state index in [1.807, 2.05) is 19.9 Å². The van der Waals surface area contributed by atoms with Gasteiger partial charge in [0.25, 0.3) is 0 Å². The number of allylic oxidation sites excluding steroid dienone is 12. The molecule has 0 spiro atoms. The van der Waals surface area contributed by atoms with Crippen LogP contribution in [0.25, 0.3) is 0 Å². The first-order chi connectivity index (χ1) is 37.4. The summed E-state index contributed by atoms with van der Waals surface area (Å²) in [6.45, 7) is 7.02. The number of carbonyl (C=O) groups is 6. The summed E-state index contributed by atoms with van der Waals surface area (Å²) >= 11 is 0. The smallest absolute Gasteiger partial charge is 0.313 e. The maximum atomic E-state index is 13.3. The Labute approximate surface area is 462 Å². The van der Waals surface area contributed by atoms with Crippen LogP contribution in [0.15, 0.2) is 109 Å². The molecule has 1 fully saturated rings. The summed E-state index contributed by atoms with van der Waals surface area (Å²) in [6, 6.07) is 5.24.